The fourth-order valence-electron chi connectivity index (χ4n) is 1.96. The molecule has 1 aromatic rings. The molecule has 0 saturated heterocycles. The van der Waals surface area contributed by atoms with E-state index in [2.05, 4.69) is 26.0 Å². The summed E-state index contributed by atoms with van der Waals surface area (Å²) in [6.45, 7) is 0.895. The third-order valence-electron chi connectivity index (χ3n) is 3.27. The quantitative estimate of drug-likeness (QED) is 0.650. The zero-order valence-electron chi connectivity index (χ0n) is 12.1. The maximum Gasteiger partial charge on any atom is 0.232 e. The summed E-state index contributed by atoms with van der Waals surface area (Å²) in [5.41, 5.74) is 0.520. The first kappa shape index (κ1) is 16.6. The fraction of sp³-hybridized carbons (Fsp3) is 0.571. The largest absolute Gasteiger partial charge is 0.495 e. The first-order valence-electron chi connectivity index (χ1n) is 7.07. The van der Waals surface area contributed by atoms with Crippen LogP contribution < -0.4 is 14.8 Å². The van der Waals surface area contributed by atoms with E-state index in [9.17, 15) is 8.42 Å². The van der Waals surface area contributed by atoms with Crippen LogP contribution in [0.3, 0.4) is 0 Å². The van der Waals surface area contributed by atoms with Crippen molar-refractivity contribution in [2.45, 2.75) is 31.7 Å². The Bertz CT molecular complexity index is 574. The van der Waals surface area contributed by atoms with Crippen LogP contribution in [-0.2, 0) is 10.0 Å². The maximum atomic E-state index is 12.0. The van der Waals surface area contributed by atoms with Crippen molar-refractivity contribution in [1.29, 1.82) is 0 Å². The molecule has 0 unspecified atom stereocenters. The van der Waals surface area contributed by atoms with Crippen LogP contribution in [0.5, 0.6) is 5.75 Å². The molecule has 118 valence electrons. The first-order valence-corrected chi connectivity index (χ1v) is 9.52. The highest BCUT2D eigenvalue weighted by molar-refractivity contribution is 9.10. The smallest absolute Gasteiger partial charge is 0.232 e. The van der Waals surface area contributed by atoms with Crippen LogP contribution in [0.4, 0.5) is 5.69 Å². The Morgan fingerprint density at radius 3 is 2.76 bits per heavy atom. The lowest BCUT2D eigenvalue weighted by atomic mass is 10.3. The van der Waals surface area contributed by atoms with Crippen molar-refractivity contribution in [2.75, 3.05) is 24.1 Å². The minimum Gasteiger partial charge on any atom is -0.495 e. The normalized spacial score (nSPS) is 15.0. The summed E-state index contributed by atoms with van der Waals surface area (Å²) in [6.07, 6.45) is 4.04. The predicted molar refractivity (Wildman–Crippen MR) is 88.4 cm³/mol. The lowest BCUT2D eigenvalue weighted by Gasteiger charge is -2.10. The van der Waals surface area contributed by atoms with Gasteiger partial charge in [-0.25, -0.2) is 8.42 Å². The average Bonchev–Trinajstić information content (AvgIpc) is 3.24. The van der Waals surface area contributed by atoms with Crippen LogP contribution in [0.1, 0.15) is 25.7 Å². The Labute approximate surface area is 134 Å². The van der Waals surface area contributed by atoms with Gasteiger partial charge in [-0.15, -0.1) is 0 Å². The van der Waals surface area contributed by atoms with E-state index >= 15 is 0 Å². The van der Waals surface area contributed by atoms with Crippen molar-refractivity contribution in [3.8, 4) is 5.75 Å². The van der Waals surface area contributed by atoms with Crippen molar-refractivity contribution in [2.24, 2.45) is 0 Å². The van der Waals surface area contributed by atoms with Gasteiger partial charge in [-0.2, -0.15) is 0 Å². The predicted octanol–water partition coefficient (Wildman–Crippen LogP) is 2.73. The SMILES string of the molecule is COc1cc(NS(=O)(=O)CCCCNC2CC2)ccc1Br. The number of hydrogen-bond donors (Lipinski definition) is 2. The monoisotopic (exact) mass is 376 g/mol. The Kier molecular flexibility index (Phi) is 5.89. The summed E-state index contributed by atoms with van der Waals surface area (Å²) in [4.78, 5) is 0. The van der Waals surface area contributed by atoms with Crippen LogP contribution in [0.2, 0.25) is 0 Å². The van der Waals surface area contributed by atoms with Gasteiger partial charge >= 0.3 is 0 Å². The molecule has 0 spiro atoms. The van der Waals surface area contributed by atoms with E-state index in [1.54, 1.807) is 25.3 Å². The minimum absolute atomic E-state index is 0.137. The molecule has 0 heterocycles. The van der Waals surface area contributed by atoms with Gasteiger partial charge in [0.25, 0.3) is 0 Å². The lowest BCUT2D eigenvalue weighted by molar-refractivity contribution is 0.412. The third kappa shape index (κ3) is 5.84. The molecule has 0 atom stereocenters. The maximum absolute atomic E-state index is 12.0. The first-order chi connectivity index (χ1) is 10.00. The number of unbranched alkanes of at least 4 members (excludes halogenated alkanes) is 1. The third-order valence-corrected chi connectivity index (χ3v) is 5.30. The molecule has 5 nitrogen and oxygen atoms in total. The van der Waals surface area contributed by atoms with Gasteiger partial charge in [0.2, 0.25) is 10.0 Å². The van der Waals surface area contributed by atoms with Gasteiger partial charge < -0.3 is 10.1 Å². The molecule has 2 rings (SSSR count). The van der Waals surface area contributed by atoms with Crippen molar-refractivity contribution >= 4 is 31.6 Å². The number of ether oxygens (including phenoxy) is 1. The second-order valence-electron chi connectivity index (χ2n) is 5.21. The highest BCUT2D eigenvalue weighted by atomic mass is 79.9. The van der Waals surface area contributed by atoms with E-state index in [4.69, 9.17) is 4.74 Å². The number of halogens is 1. The molecule has 1 aliphatic rings. The lowest BCUT2D eigenvalue weighted by Crippen LogP contribution is -2.20. The number of benzene rings is 1. The number of anilines is 1. The average molecular weight is 377 g/mol. The zero-order chi connectivity index (χ0) is 15.3. The summed E-state index contributed by atoms with van der Waals surface area (Å²) < 4.78 is 32.5. The molecule has 21 heavy (non-hydrogen) atoms. The second kappa shape index (κ2) is 7.47. The van der Waals surface area contributed by atoms with Crippen molar-refractivity contribution in [3.63, 3.8) is 0 Å². The number of hydrogen-bond acceptors (Lipinski definition) is 4. The van der Waals surface area contributed by atoms with Crippen LogP contribution >= 0.6 is 15.9 Å². The number of methoxy groups -OCH3 is 1. The van der Waals surface area contributed by atoms with E-state index in [1.807, 2.05) is 0 Å². The van der Waals surface area contributed by atoms with E-state index in [0.717, 1.165) is 17.4 Å². The number of sulfonamides is 1. The van der Waals surface area contributed by atoms with E-state index in [1.165, 1.54) is 12.8 Å². The molecule has 0 amide bonds. The molecule has 0 bridgehead atoms. The van der Waals surface area contributed by atoms with Crippen LogP contribution in [-0.4, -0.2) is 33.9 Å². The molecule has 2 N–H and O–H groups in total. The van der Waals surface area contributed by atoms with Gasteiger partial charge in [-0.1, -0.05) is 0 Å². The highest BCUT2D eigenvalue weighted by Crippen LogP contribution is 2.28. The topological polar surface area (TPSA) is 67.4 Å². The van der Waals surface area contributed by atoms with Gasteiger partial charge in [0.15, 0.2) is 0 Å². The fourth-order valence-corrected chi connectivity index (χ4v) is 3.55. The minimum atomic E-state index is -3.31. The molecule has 0 aromatic heterocycles. The summed E-state index contributed by atoms with van der Waals surface area (Å²) in [5.74, 6) is 0.737. The van der Waals surface area contributed by atoms with Crippen LogP contribution in [0, 0.1) is 0 Å². The van der Waals surface area contributed by atoms with Gasteiger partial charge in [0.1, 0.15) is 5.75 Å². The van der Waals surface area contributed by atoms with Crippen molar-refractivity contribution in [1.82, 2.24) is 5.32 Å². The van der Waals surface area contributed by atoms with Gasteiger partial charge in [-0.3, -0.25) is 4.72 Å². The molecule has 1 saturated carbocycles. The van der Waals surface area contributed by atoms with Crippen molar-refractivity contribution < 1.29 is 13.2 Å². The molecule has 0 aliphatic heterocycles. The Morgan fingerprint density at radius 1 is 1.33 bits per heavy atom. The zero-order valence-corrected chi connectivity index (χ0v) is 14.5. The summed E-state index contributed by atoms with van der Waals surface area (Å²) in [7, 11) is -1.76. The standard InChI is InChI=1S/C14H21BrN2O3S/c1-20-14-10-12(6-7-13(14)15)17-21(18,19)9-3-2-8-16-11-4-5-11/h6-7,10-11,16-17H,2-5,8-9H2,1H3. The number of nitrogens with one attached hydrogen (secondary N) is 2. The molecule has 1 aliphatic carbocycles. The van der Waals surface area contributed by atoms with Gasteiger partial charge in [0.05, 0.1) is 23.0 Å². The Balaban J connectivity index is 1.79. The summed E-state index contributed by atoms with van der Waals surface area (Å²) in [5, 5.41) is 3.38. The molecule has 0 radical (unpaired) electrons. The summed E-state index contributed by atoms with van der Waals surface area (Å²) in [6, 6.07) is 5.81. The Morgan fingerprint density at radius 2 is 2.10 bits per heavy atom. The van der Waals surface area contributed by atoms with E-state index in [0.29, 0.717) is 23.9 Å². The van der Waals surface area contributed by atoms with E-state index in [-0.39, 0.29) is 5.75 Å². The van der Waals surface area contributed by atoms with Crippen molar-refractivity contribution in [3.05, 3.63) is 22.7 Å². The van der Waals surface area contributed by atoms with Gasteiger partial charge in [-0.05, 0) is 60.3 Å². The molecule has 1 aromatic carbocycles. The second-order valence-corrected chi connectivity index (χ2v) is 7.90. The molecule has 1 fully saturated rings. The van der Waals surface area contributed by atoms with Crippen LogP contribution in [0.25, 0.3) is 0 Å². The molecule has 7 heteroatoms. The van der Waals surface area contributed by atoms with Crippen LogP contribution in [0.15, 0.2) is 22.7 Å². The molecular formula is C14H21BrN2O3S. The number of rotatable bonds is 9. The van der Waals surface area contributed by atoms with Gasteiger partial charge in [0, 0.05) is 12.1 Å². The Hall–Kier alpha value is -0.790. The van der Waals surface area contributed by atoms with E-state index < -0.39 is 10.0 Å². The molecular weight excluding hydrogens is 356 g/mol. The summed E-state index contributed by atoms with van der Waals surface area (Å²) >= 11 is 3.34. The highest BCUT2D eigenvalue weighted by Gasteiger charge is 2.19.